The third kappa shape index (κ3) is 3.83. The van der Waals surface area contributed by atoms with Gasteiger partial charge in [-0.15, -0.1) is 0 Å². The minimum absolute atomic E-state index is 0.0909. The molecule has 1 heterocycles. The van der Waals surface area contributed by atoms with Gasteiger partial charge in [0, 0.05) is 17.5 Å². The molecule has 0 atom stereocenters. The highest BCUT2D eigenvalue weighted by Gasteiger charge is 2.25. The third-order valence-electron chi connectivity index (χ3n) is 4.71. The van der Waals surface area contributed by atoms with E-state index in [0.29, 0.717) is 11.1 Å². The summed E-state index contributed by atoms with van der Waals surface area (Å²) in [5.74, 6) is 0.0972. The van der Waals surface area contributed by atoms with Crippen LogP contribution in [-0.2, 0) is 15.5 Å². The van der Waals surface area contributed by atoms with Gasteiger partial charge in [0.15, 0.2) is 0 Å². The zero-order valence-electron chi connectivity index (χ0n) is 16.9. The van der Waals surface area contributed by atoms with Crippen LogP contribution in [0.4, 0.5) is 0 Å². The molecule has 0 radical (unpaired) electrons. The fourth-order valence-corrected chi connectivity index (χ4v) is 4.65. The molecule has 0 bridgehead atoms. The van der Waals surface area contributed by atoms with Crippen LogP contribution < -0.4 is 9.81 Å². The molecule has 0 amide bonds. The Morgan fingerprint density at radius 1 is 0.893 bits per heavy atom. The fourth-order valence-electron chi connectivity index (χ4n) is 3.30. The SMILES string of the molecule is Cc1cc(C(C)(C)C)cc(C)c1S(=O)(=O)Oc1ccc2c(C)cc(=O)oc2c1. The van der Waals surface area contributed by atoms with Gasteiger partial charge in [-0.05, 0) is 60.6 Å². The molecule has 5 nitrogen and oxygen atoms in total. The molecule has 0 fully saturated rings. The second kappa shape index (κ2) is 6.78. The first-order valence-corrected chi connectivity index (χ1v) is 10.4. The maximum Gasteiger partial charge on any atom is 0.339 e. The van der Waals surface area contributed by atoms with Crippen molar-refractivity contribution in [3.63, 3.8) is 0 Å². The molecule has 2 aromatic carbocycles. The minimum atomic E-state index is -4.05. The predicted octanol–water partition coefficient (Wildman–Crippen LogP) is 4.78. The van der Waals surface area contributed by atoms with Gasteiger partial charge in [0.05, 0.1) is 0 Å². The molecule has 0 aliphatic carbocycles. The third-order valence-corrected chi connectivity index (χ3v) is 6.26. The van der Waals surface area contributed by atoms with E-state index >= 15 is 0 Å². The van der Waals surface area contributed by atoms with Crippen molar-refractivity contribution in [1.29, 1.82) is 0 Å². The van der Waals surface area contributed by atoms with E-state index in [1.807, 2.05) is 12.1 Å². The van der Waals surface area contributed by atoms with Crippen molar-refractivity contribution in [3.8, 4) is 5.75 Å². The average molecular weight is 400 g/mol. The van der Waals surface area contributed by atoms with Gasteiger partial charge in [-0.2, -0.15) is 8.42 Å². The van der Waals surface area contributed by atoms with Gasteiger partial charge in [0.2, 0.25) is 0 Å². The molecule has 0 spiro atoms. The van der Waals surface area contributed by atoms with E-state index in [1.54, 1.807) is 32.9 Å². The summed E-state index contributed by atoms with van der Waals surface area (Å²) in [6, 6.07) is 9.82. The van der Waals surface area contributed by atoms with Crippen LogP contribution in [0.3, 0.4) is 0 Å². The van der Waals surface area contributed by atoms with Gasteiger partial charge in [-0.3, -0.25) is 0 Å². The Balaban J connectivity index is 2.05. The molecule has 3 aromatic rings. The van der Waals surface area contributed by atoms with Crippen LogP contribution in [0.15, 0.2) is 50.5 Å². The highest BCUT2D eigenvalue weighted by atomic mass is 32.2. The van der Waals surface area contributed by atoms with Crippen LogP contribution in [-0.4, -0.2) is 8.42 Å². The average Bonchev–Trinajstić information content (AvgIpc) is 2.51. The highest BCUT2D eigenvalue weighted by molar-refractivity contribution is 7.87. The summed E-state index contributed by atoms with van der Waals surface area (Å²) in [5.41, 5.74) is 2.78. The Kier molecular flexibility index (Phi) is 4.88. The van der Waals surface area contributed by atoms with Crippen molar-refractivity contribution in [1.82, 2.24) is 0 Å². The van der Waals surface area contributed by atoms with Crippen LogP contribution in [0.5, 0.6) is 5.75 Å². The summed E-state index contributed by atoms with van der Waals surface area (Å²) in [4.78, 5) is 11.8. The lowest BCUT2D eigenvalue weighted by Gasteiger charge is -2.22. The van der Waals surface area contributed by atoms with Crippen LogP contribution in [0.25, 0.3) is 11.0 Å². The zero-order chi connectivity index (χ0) is 20.9. The topological polar surface area (TPSA) is 73.6 Å². The summed E-state index contributed by atoms with van der Waals surface area (Å²) >= 11 is 0. The normalized spacial score (nSPS) is 12.4. The fraction of sp³-hybridized carbons (Fsp3) is 0.318. The van der Waals surface area contributed by atoms with E-state index in [9.17, 15) is 13.2 Å². The van der Waals surface area contributed by atoms with Gasteiger partial charge in [0.1, 0.15) is 16.2 Å². The molecule has 1 aromatic heterocycles. The molecule has 6 heteroatoms. The van der Waals surface area contributed by atoms with Crippen molar-refractivity contribution in [2.24, 2.45) is 0 Å². The second-order valence-corrected chi connectivity index (χ2v) is 9.62. The monoisotopic (exact) mass is 400 g/mol. The quantitative estimate of drug-likeness (QED) is 0.467. The molecule has 0 aliphatic rings. The maximum absolute atomic E-state index is 13.0. The van der Waals surface area contributed by atoms with Crippen LogP contribution in [0.2, 0.25) is 0 Å². The largest absolute Gasteiger partial charge is 0.423 e. The van der Waals surface area contributed by atoms with Crippen molar-refractivity contribution in [2.75, 3.05) is 0 Å². The second-order valence-electron chi connectivity index (χ2n) is 8.13. The van der Waals surface area contributed by atoms with Crippen molar-refractivity contribution >= 4 is 21.1 Å². The lowest BCUT2D eigenvalue weighted by Crippen LogP contribution is -2.16. The molecule has 148 valence electrons. The highest BCUT2D eigenvalue weighted by Crippen LogP contribution is 2.31. The first kappa shape index (κ1) is 20.1. The molecule has 0 saturated carbocycles. The summed E-state index contributed by atoms with van der Waals surface area (Å²) in [6.07, 6.45) is 0. The van der Waals surface area contributed by atoms with Gasteiger partial charge < -0.3 is 8.60 Å². The van der Waals surface area contributed by atoms with E-state index in [4.69, 9.17) is 8.60 Å². The maximum atomic E-state index is 13.0. The summed E-state index contributed by atoms with van der Waals surface area (Å²) in [6.45, 7) is 11.6. The van der Waals surface area contributed by atoms with Crippen LogP contribution in [0.1, 0.15) is 43.0 Å². The van der Waals surface area contributed by atoms with Gasteiger partial charge in [-0.1, -0.05) is 32.9 Å². The van der Waals surface area contributed by atoms with Crippen molar-refractivity contribution in [3.05, 3.63) is 69.1 Å². The number of hydrogen-bond donors (Lipinski definition) is 0. The molecular weight excluding hydrogens is 376 g/mol. The molecule has 0 aliphatic heterocycles. The molecular formula is C22H24O5S. The van der Waals surface area contributed by atoms with Gasteiger partial charge >= 0.3 is 15.7 Å². The van der Waals surface area contributed by atoms with E-state index in [0.717, 1.165) is 16.5 Å². The Morgan fingerprint density at radius 3 is 2.07 bits per heavy atom. The van der Waals surface area contributed by atoms with E-state index in [1.165, 1.54) is 12.1 Å². The summed E-state index contributed by atoms with van der Waals surface area (Å²) in [7, 11) is -4.05. The Hall–Kier alpha value is -2.60. The summed E-state index contributed by atoms with van der Waals surface area (Å²) in [5, 5.41) is 0.728. The molecule has 0 saturated heterocycles. The standard InChI is InChI=1S/C22H24O5S/c1-13-11-20(23)26-19-12-17(7-8-18(13)19)27-28(24,25)21-14(2)9-16(10-15(21)3)22(4,5)6/h7-12H,1-6H3. The first-order chi connectivity index (χ1) is 12.9. The molecule has 0 unspecified atom stereocenters. The lowest BCUT2D eigenvalue weighted by atomic mass is 9.85. The molecule has 28 heavy (non-hydrogen) atoms. The van der Waals surface area contributed by atoms with Crippen molar-refractivity contribution in [2.45, 2.75) is 51.9 Å². The number of rotatable bonds is 3. The van der Waals surface area contributed by atoms with Gasteiger partial charge in [0.25, 0.3) is 0 Å². The van der Waals surface area contributed by atoms with Crippen LogP contribution >= 0.6 is 0 Å². The van der Waals surface area contributed by atoms with Gasteiger partial charge in [-0.25, -0.2) is 4.79 Å². The van der Waals surface area contributed by atoms with E-state index in [2.05, 4.69) is 20.8 Å². The lowest BCUT2D eigenvalue weighted by molar-refractivity contribution is 0.483. The van der Waals surface area contributed by atoms with Crippen molar-refractivity contribution < 1.29 is 17.0 Å². The number of aryl methyl sites for hydroxylation is 3. The zero-order valence-corrected chi connectivity index (χ0v) is 17.7. The number of benzene rings is 2. The number of fused-ring (bicyclic) bond motifs is 1. The Morgan fingerprint density at radius 2 is 1.50 bits per heavy atom. The summed E-state index contributed by atoms with van der Waals surface area (Å²) < 4.78 is 36.5. The Labute approximate surface area is 165 Å². The Bertz CT molecular complexity index is 1200. The molecule has 3 rings (SSSR count). The predicted molar refractivity (Wildman–Crippen MR) is 110 cm³/mol. The van der Waals surface area contributed by atoms with Crippen LogP contribution in [0, 0.1) is 20.8 Å². The molecule has 0 N–H and O–H groups in total. The van der Waals surface area contributed by atoms with E-state index < -0.39 is 15.7 Å². The number of hydrogen-bond acceptors (Lipinski definition) is 5. The first-order valence-electron chi connectivity index (χ1n) is 8.99. The van der Waals surface area contributed by atoms with E-state index in [-0.39, 0.29) is 21.6 Å². The minimum Gasteiger partial charge on any atom is -0.423 e. The smallest absolute Gasteiger partial charge is 0.339 e.